The van der Waals surface area contributed by atoms with Crippen LogP contribution in [0.3, 0.4) is 0 Å². The number of benzene rings is 1. The molecule has 1 amide bonds. The van der Waals surface area contributed by atoms with Crippen LogP contribution in [0.1, 0.15) is 34.3 Å². The maximum Gasteiger partial charge on any atom is 0.251 e. The van der Waals surface area contributed by atoms with Crippen LogP contribution in [-0.2, 0) is 0 Å². The van der Waals surface area contributed by atoms with E-state index < -0.39 is 0 Å². The van der Waals surface area contributed by atoms with E-state index in [1.165, 1.54) is 12.8 Å². The summed E-state index contributed by atoms with van der Waals surface area (Å²) in [4.78, 5) is 14.6. The van der Waals surface area contributed by atoms with Crippen LogP contribution in [0.25, 0.3) is 0 Å². The monoisotopic (exact) mass is 260 g/mol. The van der Waals surface area contributed by atoms with E-state index >= 15 is 0 Å². The third-order valence-corrected chi connectivity index (χ3v) is 4.03. The maximum atomic E-state index is 12.2. The molecule has 104 valence electrons. The predicted octanol–water partition coefficient (Wildman–Crippen LogP) is 2.38. The van der Waals surface area contributed by atoms with E-state index in [2.05, 4.69) is 17.3 Å². The van der Waals surface area contributed by atoms with Crippen molar-refractivity contribution in [1.29, 1.82) is 0 Å². The van der Waals surface area contributed by atoms with Gasteiger partial charge in [0.2, 0.25) is 0 Å². The summed E-state index contributed by atoms with van der Waals surface area (Å²) in [5, 5.41) is 3.09. The number of piperidine rings is 1. The normalized spacial score (nSPS) is 17.4. The quantitative estimate of drug-likeness (QED) is 0.905. The van der Waals surface area contributed by atoms with Gasteiger partial charge in [-0.1, -0.05) is 17.7 Å². The number of carbonyl (C=O) groups is 1. The molecule has 0 atom stereocenters. The van der Waals surface area contributed by atoms with Gasteiger partial charge in [0.1, 0.15) is 0 Å². The van der Waals surface area contributed by atoms with Crippen molar-refractivity contribution in [1.82, 2.24) is 10.2 Å². The van der Waals surface area contributed by atoms with E-state index in [1.807, 2.05) is 32.0 Å². The topological polar surface area (TPSA) is 32.3 Å². The number of rotatable bonds is 3. The molecule has 1 N–H and O–H groups in total. The largest absolute Gasteiger partial charge is 0.352 e. The Hall–Kier alpha value is -1.35. The third-order valence-electron chi connectivity index (χ3n) is 4.03. The molecular weight excluding hydrogens is 236 g/mol. The molecule has 1 fully saturated rings. The molecule has 3 nitrogen and oxygen atoms in total. The molecule has 1 aromatic carbocycles. The van der Waals surface area contributed by atoms with Crippen molar-refractivity contribution in [3.8, 4) is 0 Å². The molecule has 3 heteroatoms. The zero-order valence-electron chi connectivity index (χ0n) is 12.2. The van der Waals surface area contributed by atoms with Crippen LogP contribution >= 0.6 is 0 Å². The average Bonchev–Trinajstić information content (AvgIpc) is 2.40. The van der Waals surface area contributed by atoms with Gasteiger partial charge in [-0.3, -0.25) is 4.79 Å². The lowest BCUT2D eigenvalue weighted by Crippen LogP contribution is -2.37. The Morgan fingerprint density at radius 2 is 2.00 bits per heavy atom. The molecule has 2 rings (SSSR count). The number of carbonyl (C=O) groups excluding carboxylic acids is 1. The number of aryl methyl sites for hydroxylation is 2. The van der Waals surface area contributed by atoms with Gasteiger partial charge in [0, 0.05) is 12.1 Å². The van der Waals surface area contributed by atoms with Gasteiger partial charge >= 0.3 is 0 Å². The van der Waals surface area contributed by atoms with Crippen molar-refractivity contribution in [2.24, 2.45) is 5.92 Å². The Labute approximate surface area is 116 Å². The van der Waals surface area contributed by atoms with E-state index in [-0.39, 0.29) is 5.91 Å². The molecule has 1 aliphatic rings. The van der Waals surface area contributed by atoms with Gasteiger partial charge in [-0.15, -0.1) is 0 Å². The van der Waals surface area contributed by atoms with E-state index in [0.29, 0.717) is 5.92 Å². The Bertz CT molecular complexity index is 448. The zero-order valence-corrected chi connectivity index (χ0v) is 12.2. The van der Waals surface area contributed by atoms with Crippen molar-refractivity contribution in [2.45, 2.75) is 26.7 Å². The number of likely N-dealkylation sites (tertiary alicyclic amines) is 1. The summed E-state index contributed by atoms with van der Waals surface area (Å²) < 4.78 is 0. The SMILES string of the molecule is Cc1ccc(C)c(C(=O)NCC2CCN(C)CC2)c1. The molecule has 0 saturated carbocycles. The minimum Gasteiger partial charge on any atom is -0.352 e. The zero-order chi connectivity index (χ0) is 13.8. The minimum atomic E-state index is 0.0696. The molecule has 1 saturated heterocycles. The average molecular weight is 260 g/mol. The fourth-order valence-corrected chi connectivity index (χ4v) is 2.58. The lowest BCUT2D eigenvalue weighted by molar-refractivity contribution is 0.0938. The summed E-state index contributed by atoms with van der Waals surface area (Å²) >= 11 is 0. The van der Waals surface area contributed by atoms with Crippen LogP contribution in [0.5, 0.6) is 0 Å². The van der Waals surface area contributed by atoms with Gasteiger partial charge in [-0.2, -0.15) is 0 Å². The standard InChI is InChI=1S/C16H24N2O/c1-12-4-5-13(2)15(10-12)16(19)17-11-14-6-8-18(3)9-7-14/h4-5,10,14H,6-9,11H2,1-3H3,(H,17,19). The number of nitrogens with zero attached hydrogens (tertiary/aromatic N) is 1. The Morgan fingerprint density at radius 3 is 2.68 bits per heavy atom. The first-order valence-corrected chi connectivity index (χ1v) is 7.10. The van der Waals surface area contributed by atoms with E-state index in [0.717, 1.165) is 36.3 Å². The summed E-state index contributed by atoms with van der Waals surface area (Å²) in [5.74, 6) is 0.699. The van der Waals surface area contributed by atoms with Crippen LogP contribution in [-0.4, -0.2) is 37.5 Å². The smallest absolute Gasteiger partial charge is 0.251 e. The third kappa shape index (κ3) is 3.80. The first-order valence-electron chi connectivity index (χ1n) is 7.10. The van der Waals surface area contributed by atoms with E-state index in [1.54, 1.807) is 0 Å². The van der Waals surface area contributed by atoms with Gasteiger partial charge in [0.05, 0.1) is 0 Å². The molecule has 19 heavy (non-hydrogen) atoms. The minimum absolute atomic E-state index is 0.0696. The van der Waals surface area contributed by atoms with Crippen molar-refractivity contribution in [3.05, 3.63) is 34.9 Å². The highest BCUT2D eigenvalue weighted by Crippen LogP contribution is 2.15. The highest BCUT2D eigenvalue weighted by atomic mass is 16.1. The highest BCUT2D eigenvalue weighted by molar-refractivity contribution is 5.95. The van der Waals surface area contributed by atoms with Gasteiger partial charge in [-0.05, 0) is 64.4 Å². The molecule has 0 aliphatic carbocycles. The van der Waals surface area contributed by atoms with Crippen LogP contribution in [0.2, 0.25) is 0 Å². The van der Waals surface area contributed by atoms with Crippen molar-refractivity contribution < 1.29 is 4.79 Å². The van der Waals surface area contributed by atoms with E-state index in [9.17, 15) is 4.79 Å². The fraction of sp³-hybridized carbons (Fsp3) is 0.562. The van der Waals surface area contributed by atoms with Crippen molar-refractivity contribution >= 4 is 5.91 Å². The van der Waals surface area contributed by atoms with Gasteiger partial charge in [0.25, 0.3) is 5.91 Å². The molecule has 0 spiro atoms. The Balaban J connectivity index is 1.89. The van der Waals surface area contributed by atoms with Crippen molar-refractivity contribution in [3.63, 3.8) is 0 Å². The predicted molar refractivity (Wildman–Crippen MR) is 78.5 cm³/mol. The second-order valence-corrected chi connectivity index (χ2v) is 5.78. The van der Waals surface area contributed by atoms with Crippen LogP contribution in [0.15, 0.2) is 18.2 Å². The number of hydrogen-bond donors (Lipinski definition) is 1. The van der Waals surface area contributed by atoms with Crippen LogP contribution in [0.4, 0.5) is 0 Å². The first kappa shape index (κ1) is 14.1. The van der Waals surface area contributed by atoms with Crippen LogP contribution in [0, 0.1) is 19.8 Å². The first-order chi connectivity index (χ1) is 9.06. The van der Waals surface area contributed by atoms with Gasteiger partial charge in [0.15, 0.2) is 0 Å². The molecular formula is C16H24N2O. The number of nitrogens with one attached hydrogen (secondary N) is 1. The molecule has 0 radical (unpaired) electrons. The number of amides is 1. The summed E-state index contributed by atoms with van der Waals surface area (Å²) in [6, 6.07) is 6.03. The second-order valence-electron chi connectivity index (χ2n) is 5.78. The second kappa shape index (κ2) is 6.20. The lowest BCUT2D eigenvalue weighted by atomic mass is 9.97. The molecule has 0 unspecified atom stereocenters. The van der Waals surface area contributed by atoms with Gasteiger partial charge < -0.3 is 10.2 Å². The summed E-state index contributed by atoms with van der Waals surface area (Å²) in [6.07, 6.45) is 2.37. The molecule has 0 bridgehead atoms. The maximum absolute atomic E-state index is 12.2. The van der Waals surface area contributed by atoms with Crippen LogP contribution < -0.4 is 5.32 Å². The highest BCUT2D eigenvalue weighted by Gasteiger charge is 2.18. The molecule has 0 aromatic heterocycles. The molecule has 1 heterocycles. The molecule has 1 aliphatic heterocycles. The van der Waals surface area contributed by atoms with Gasteiger partial charge in [-0.25, -0.2) is 0 Å². The fourth-order valence-electron chi connectivity index (χ4n) is 2.58. The Morgan fingerprint density at radius 1 is 1.32 bits per heavy atom. The van der Waals surface area contributed by atoms with E-state index in [4.69, 9.17) is 0 Å². The molecule has 1 aromatic rings. The summed E-state index contributed by atoms with van der Waals surface area (Å²) in [7, 11) is 2.16. The van der Waals surface area contributed by atoms with Crippen molar-refractivity contribution in [2.75, 3.05) is 26.7 Å². The Kier molecular flexibility index (Phi) is 4.59. The summed E-state index contributed by atoms with van der Waals surface area (Å²) in [6.45, 7) is 7.10. The summed E-state index contributed by atoms with van der Waals surface area (Å²) in [5.41, 5.74) is 2.99. The lowest BCUT2D eigenvalue weighted by Gasteiger charge is -2.29. The number of hydrogen-bond acceptors (Lipinski definition) is 2.